The van der Waals surface area contributed by atoms with Crippen molar-refractivity contribution >= 4 is 28.2 Å². The first kappa shape index (κ1) is 20.3. The molecule has 9 heteroatoms. The first-order chi connectivity index (χ1) is 13.1. The number of thiazole rings is 1. The third kappa shape index (κ3) is 4.70. The van der Waals surface area contributed by atoms with Gasteiger partial charge >= 0.3 is 6.18 Å². The van der Waals surface area contributed by atoms with Crippen LogP contribution in [0.3, 0.4) is 0 Å². The van der Waals surface area contributed by atoms with E-state index >= 15 is 0 Å². The van der Waals surface area contributed by atoms with Gasteiger partial charge in [0.05, 0.1) is 22.2 Å². The molecule has 1 fully saturated rings. The molecule has 1 aliphatic rings. The summed E-state index contributed by atoms with van der Waals surface area (Å²) in [6, 6.07) is 5.15. The first-order valence-corrected chi connectivity index (χ1v) is 9.64. The quantitative estimate of drug-likeness (QED) is 0.831. The molecular weight excluding hydrogens is 391 g/mol. The highest BCUT2D eigenvalue weighted by atomic mass is 32.1. The molecule has 1 unspecified atom stereocenters. The number of hydrogen-bond acceptors (Lipinski definition) is 4. The van der Waals surface area contributed by atoms with Crippen molar-refractivity contribution in [3.05, 3.63) is 46.1 Å². The number of carbonyl (C=O) groups excluding carboxylic acids is 2. The molecule has 2 heterocycles. The van der Waals surface area contributed by atoms with E-state index < -0.39 is 11.7 Å². The topological polar surface area (TPSA) is 62.3 Å². The maximum absolute atomic E-state index is 12.9. The summed E-state index contributed by atoms with van der Waals surface area (Å²) in [7, 11) is 0. The van der Waals surface area contributed by atoms with Gasteiger partial charge < -0.3 is 10.2 Å². The highest BCUT2D eigenvalue weighted by Crippen LogP contribution is 2.31. The minimum atomic E-state index is -4.39. The molecule has 28 heavy (non-hydrogen) atoms. The van der Waals surface area contributed by atoms with Crippen LogP contribution in [0.25, 0.3) is 0 Å². The molecule has 1 aliphatic heterocycles. The number of rotatable bonds is 4. The average Bonchev–Trinajstić information content (AvgIpc) is 3.22. The van der Waals surface area contributed by atoms with Gasteiger partial charge in [0.1, 0.15) is 5.00 Å². The van der Waals surface area contributed by atoms with Crippen LogP contribution in [0.2, 0.25) is 0 Å². The Hall–Kier alpha value is -2.42. The summed E-state index contributed by atoms with van der Waals surface area (Å²) in [5.41, 5.74) is 0.444. The van der Waals surface area contributed by atoms with Crippen molar-refractivity contribution in [2.45, 2.75) is 32.9 Å². The lowest BCUT2D eigenvalue weighted by Crippen LogP contribution is -2.29. The van der Waals surface area contributed by atoms with E-state index in [1.54, 1.807) is 17.9 Å². The van der Waals surface area contributed by atoms with Crippen molar-refractivity contribution in [2.24, 2.45) is 5.92 Å². The summed E-state index contributed by atoms with van der Waals surface area (Å²) in [6.45, 7) is 4.19. The van der Waals surface area contributed by atoms with Gasteiger partial charge in [-0.05, 0) is 25.0 Å². The highest BCUT2D eigenvalue weighted by molar-refractivity contribution is 7.16. The predicted octanol–water partition coefficient (Wildman–Crippen LogP) is 3.87. The van der Waals surface area contributed by atoms with Crippen molar-refractivity contribution in [1.82, 2.24) is 9.88 Å². The van der Waals surface area contributed by atoms with Crippen LogP contribution in [0.5, 0.6) is 0 Å². The Morgan fingerprint density at radius 2 is 2.11 bits per heavy atom. The molecule has 1 atom stereocenters. The Bertz CT molecular complexity index is 895. The lowest BCUT2D eigenvalue weighted by molar-refractivity contribution is -0.137. The number of amides is 2. The molecule has 0 radical (unpaired) electrons. The van der Waals surface area contributed by atoms with Crippen molar-refractivity contribution in [2.75, 3.05) is 18.4 Å². The van der Waals surface area contributed by atoms with Gasteiger partial charge in [-0.25, -0.2) is 4.98 Å². The van der Waals surface area contributed by atoms with Crippen LogP contribution in [0, 0.1) is 12.8 Å². The van der Waals surface area contributed by atoms with Gasteiger partial charge in [0.2, 0.25) is 11.8 Å². The second-order valence-electron chi connectivity index (χ2n) is 6.84. The second-order valence-corrected chi connectivity index (χ2v) is 7.92. The number of anilines is 1. The molecule has 5 nitrogen and oxygen atoms in total. The number of alkyl halides is 3. The van der Waals surface area contributed by atoms with Gasteiger partial charge in [0.15, 0.2) is 0 Å². The van der Waals surface area contributed by atoms with Crippen LogP contribution in [0.15, 0.2) is 24.3 Å². The minimum absolute atomic E-state index is 0.0485. The Morgan fingerprint density at radius 1 is 1.36 bits per heavy atom. The summed E-state index contributed by atoms with van der Waals surface area (Å²) < 4.78 is 38.6. The van der Waals surface area contributed by atoms with Crippen LogP contribution < -0.4 is 5.32 Å². The van der Waals surface area contributed by atoms with Gasteiger partial charge in [-0.1, -0.05) is 18.2 Å². The average molecular weight is 411 g/mol. The van der Waals surface area contributed by atoms with E-state index in [1.165, 1.54) is 24.3 Å². The number of nitrogens with zero attached hydrogens (tertiary/aromatic N) is 2. The predicted molar refractivity (Wildman–Crippen MR) is 100 cm³/mol. The molecule has 0 spiro atoms. The highest BCUT2D eigenvalue weighted by Gasteiger charge is 2.31. The van der Waals surface area contributed by atoms with Crippen LogP contribution in [0.4, 0.5) is 18.2 Å². The third-order valence-corrected chi connectivity index (χ3v) is 5.76. The fraction of sp³-hybridized carbons (Fsp3) is 0.421. The van der Waals surface area contributed by atoms with Crippen molar-refractivity contribution < 1.29 is 22.8 Å². The fourth-order valence-corrected chi connectivity index (χ4v) is 4.15. The van der Waals surface area contributed by atoms with Crippen molar-refractivity contribution in [3.63, 3.8) is 0 Å². The smallest absolute Gasteiger partial charge is 0.342 e. The van der Waals surface area contributed by atoms with E-state index in [9.17, 15) is 22.8 Å². The summed E-state index contributed by atoms with van der Waals surface area (Å²) in [5, 5.41) is 4.07. The van der Waals surface area contributed by atoms with E-state index in [4.69, 9.17) is 0 Å². The largest absolute Gasteiger partial charge is 0.416 e. The Morgan fingerprint density at radius 3 is 2.75 bits per heavy atom. The maximum Gasteiger partial charge on any atom is 0.416 e. The number of halogens is 3. The first-order valence-electron chi connectivity index (χ1n) is 8.82. The minimum Gasteiger partial charge on any atom is -0.342 e. The summed E-state index contributed by atoms with van der Waals surface area (Å²) in [5.74, 6) is -0.480. The zero-order chi connectivity index (χ0) is 20.5. The van der Waals surface area contributed by atoms with Crippen LogP contribution in [-0.2, 0) is 22.2 Å². The van der Waals surface area contributed by atoms with Gasteiger partial charge in [0.25, 0.3) is 0 Å². The van der Waals surface area contributed by atoms with Crippen LogP contribution >= 0.6 is 11.3 Å². The van der Waals surface area contributed by atoms with Crippen LogP contribution in [-0.4, -0.2) is 34.8 Å². The van der Waals surface area contributed by atoms with E-state index in [2.05, 4.69) is 10.3 Å². The SMILES string of the molecule is CC(=O)N1CCC(C(=O)Nc2sc(Cc3cccc(C(F)(F)F)c3)nc2C)C1. The maximum atomic E-state index is 12.9. The number of likely N-dealkylation sites (tertiary alicyclic amines) is 1. The lowest BCUT2D eigenvalue weighted by atomic mass is 10.1. The zero-order valence-corrected chi connectivity index (χ0v) is 16.3. The van der Waals surface area contributed by atoms with Crippen molar-refractivity contribution in [3.8, 4) is 0 Å². The normalized spacial score (nSPS) is 17.0. The lowest BCUT2D eigenvalue weighted by Gasteiger charge is -2.13. The monoisotopic (exact) mass is 411 g/mol. The molecule has 2 amide bonds. The molecular formula is C19H20F3N3O2S. The van der Waals surface area contributed by atoms with Gasteiger partial charge in [-0.2, -0.15) is 13.2 Å². The number of aromatic nitrogens is 1. The zero-order valence-electron chi connectivity index (χ0n) is 15.5. The molecule has 1 N–H and O–H groups in total. The molecule has 2 aromatic rings. The molecule has 1 aromatic heterocycles. The van der Waals surface area contributed by atoms with E-state index in [1.807, 2.05) is 0 Å². The van der Waals surface area contributed by atoms with E-state index in [0.29, 0.717) is 40.8 Å². The number of carbonyl (C=O) groups is 2. The van der Waals surface area contributed by atoms with Gasteiger partial charge in [0, 0.05) is 26.4 Å². The van der Waals surface area contributed by atoms with Gasteiger partial charge in [-0.3, -0.25) is 9.59 Å². The molecule has 1 saturated heterocycles. The molecule has 150 valence electrons. The number of nitrogens with one attached hydrogen (secondary N) is 1. The number of aryl methyl sites for hydroxylation is 1. The molecule has 1 aromatic carbocycles. The van der Waals surface area contributed by atoms with Crippen molar-refractivity contribution in [1.29, 1.82) is 0 Å². The summed E-state index contributed by atoms with van der Waals surface area (Å²) >= 11 is 1.26. The Labute approximate surface area is 164 Å². The Kier molecular flexibility index (Phi) is 5.74. The summed E-state index contributed by atoms with van der Waals surface area (Å²) in [4.78, 5) is 29.9. The van der Waals surface area contributed by atoms with Crippen LogP contribution in [0.1, 0.15) is 35.2 Å². The number of benzene rings is 1. The van der Waals surface area contributed by atoms with E-state index in [0.717, 1.165) is 12.1 Å². The van der Waals surface area contributed by atoms with Gasteiger partial charge in [-0.15, -0.1) is 11.3 Å². The third-order valence-electron chi connectivity index (χ3n) is 4.69. The molecule has 0 aliphatic carbocycles. The second kappa shape index (κ2) is 7.90. The Balaban J connectivity index is 1.67. The molecule has 3 rings (SSSR count). The number of hydrogen-bond donors (Lipinski definition) is 1. The molecule has 0 bridgehead atoms. The van der Waals surface area contributed by atoms with E-state index in [-0.39, 0.29) is 24.2 Å². The summed E-state index contributed by atoms with van der Waals surface area (Å²) in [6.07, 6.45) is -3.52. The standard InChI is InChI=1S/C19H20F3N3O2S/c1-11-18(24-17(27)14-6-7-25(10-14)12(2)26)28-16(23-11)9-13-4-3-5-15(8-13)19(20,21)22/h3-5,8,14H,6-7,9-10H2,1-2H3,(H,24,27). The molecule has 0 saturated carbocycles. The fourth-order valence-electron chi connectivity index (χ4n) is 3.15.